The van der Waals surface area contributed by atoms with Gasteiger partial charge in [-0.25, -0.2) is 4.39 Å². The molecule has 2 rings (SSSR count). The van der Waals surface area contributed by atoms with E-state index < -0.39 is 54.1 Å². The van der Waals surface area contributed by atoms with Crippen LogP contribution in [0.1, 0.15) is 38.9 Å². The van der Waals surface area contributed by atoms with Crippen LogP contribution in [0.4, 0.5) is 42.6 Å². The summed E-state index contributed by atoms with van der Waals surface area (Å²) in [7, 11) is 0. The van der Waals surface area contributed by atoms with Crippen LogP contribution < -0.4 is 10.6 Å². The summed E-state index contributed by atoms with van der Waals surface area (Å²) in [4.78, 5) is 10.9. The molecule has 0 saturated carbocycles. The molecule has 1 aromatic heterocycles. The maximum atomic E-state index is 14.2. The lowest BCUT2D eigenvalue weighted by Gasteiger charge is -2.22. The van der Waals surface area contributed by atoms with Crippen LogP contribution in [0.15, 0.2) is 5.83 Å². The van der Waals surface area contributed by atoms with E-state index in [1.807, 2.05) is 10.6 Å². The first kappa shape index (κ1) is 22.1. The van der Waals surface area contributed by atoms with Gasteiger partial charge >= 0.3 is 12.4 Å². The molecule has 3 N–H and O–H groups in total. The highest BCUT2D eigenvalue weighted by atomic mass is 19.4. The zero-order valence-corrected chi connectivity index (χ0v) is 14.8. The lowest BCUT2D eigenvalue weighted by molar-refractivity contribution is -0.139. The molecule has 0 saturated heterocycles. The van der Waals surface area contributed by atoms with E-state index in [0.29, 0.717) is 6.42 Å². The van der Waals surface area contributed by atoms with Gasteiger partial charge in [0.1, 0.15) is 24.0 Å². The zero-order chi connectivity index (χ0) is 21.3. The van der Waals surface area contributed by atoms with Crippen molar-refractivity contribution in [1.82, 2.24) is 15.0 Å². The van der Waals surface area contributed by atoms with E-state index in [0.717, 1.165) is 13.8 Å². The molecule has 0 bridgehead atoms. The standard InChI is InChI=1S/C15H18F7N5O/c1-6(14(17,18)19)23-12-25-11(8-4-3-5-9(28)10(8)16)26-13(27-12)24-7(2)15(20,21)22/h6-7,9,28H,3-5H2,1-2H3,(H2,23,24,25,26,27)/t6-,7?,9?/m1/s1. The number of nitrogens with one attached hydrogen (secondary N) is 2. The van der Waals surface area contributed by atoms with Crippen molar-refractivity contribution in [2.24, 2.45) is 0 Å². The van der Waals surface area contributed by atoms with E-state index in [9.17, 15) is 35.8 Å². The molecule has 13 heteroatoms. The average molecular weight is 417 g/mol. The number of aliphatic hydroxyl groups excluding tert-OH is 1. The van der Waals surface area contributed by atoms with Crippen molar-refractivity contribution in [3.8, 4) is 0 Å². The Morgan fingerprint density at radius 2 is 1.39 bits per heavy atom. The van der Waals surface area contributed by atoms with Gasteiger partial charge in [0.25, 0.3) is 0 Å². The van der Waals surface area contributed by atoms with Crippen molar-refractivity contribution in [3.05, 3.63) is 11.7 Å². The van der Waals surface area contributed by atoms with Crippen molar-refractivity contribution in [2.75, 3.05) is 10.6 Å². The molecule has 0 aromatic carbocycles. The van der Waals surface area contributed by atoms with Crippen LogP contribution in [0, 0.1) is 0 Å². The number of nitrogens with zero attached hydrogens (tertiary/aromatic N) is 3. The number of anilines is 2. The van der Waals surface area contributed by atoms with E-state index in [2.05, 4.69) is 15.0 Å². The number of allylic oxidation sites excluding steroid dienone is 1. The number of aromatic nitrogens is 3. The lowest BCUT2D eigenvalue weighted by Crippen LogP contribution is -2.35. The van der Waals surface area contributed by atoms with E-state index in [-0.39, 0.29) is 18.4 Å². The Labute approximate surface area is 155 Å². The van der Waals surface area contributed by atoms with Crippen LogP contribution in [0.25, 0.3) is 5.57 Å². The van der Waals surface area contributed by atoms with Crippen LogP contribution in [-0.2, 0) is 0 Å². The van der Waals surface area contributed by atoms with Crippen LogP contribution in [0.5, 0.6) is 0 Å². The molecule has 1 aliphatic carbocycles. The fourth-order valence-corrected chi connectivity index (χ4v) is 2.33. The molecule has 3 atom stereocenters. The normalized spacial score (nSPS) is 20.7. The fourth-order valence-electron chi connectivity index (χ4n) is 2.33. The van der Waals surface area contributed by atoms with Crippen LogP contribution in [0.3, 0.4) is 0 Å². The largest absolute Gasteiger partial charge is 0.408 e. The summed E-state index contributed by atoms with van der Waals surface area (Å²) in [6, 6.07) is -4.24. The van der Waals surface area contributed by atoms with Gasteiger partial charge in [-0.05, 0) is 33.1 Å². The third-order valence-electron chi connectivity index (χ3n) is 4.06. The van der Waals surface area contributed by atoms with Gasteiger partial charge in [0, 0.05) is 5.57 Å². The van der Waals surface area contributed by atoms with Gasteiger partial charge in [-0.2, -0.15) is 41.3 Å². The second-order valence-corrected chi connectivity index (χ2v) is 6.36. The minimum Gasteiger partial charge on any atom is -0.386 e. The summed E-state index contributed by atoms with van der Waals surface area (Å²) in [6.07, 6.45) is -10.2. The number of halogens is 7. The van der Waals surface area contributed by atoms with Gasteiger partial charge in [0.05, 0.1) is 0 Å². The quantitative estimate of drug-likeness (QED) is 0.632. The summed E-state index contributed by atoms with van der Waals surface area (Å²) in [5.41, 5.74) is -0.188. The van der Waals surface area contributed by atoms with Crippen LogP contribution in [0.2, 0.25) is 0 Å². The second kappa shape index (κ2) is 8.05. The maximum absolute atomic E-state index is 14.2. The van der Waals surface area contributed by atoms with Crippen molar-refractivity contribution < 1.29 is 35.8 Å². The number of aliphatic hydroxyl groups is 1. The van der Waals surface area contributed by atoms with E-state index in [4.69, 9.17) is 0 Å². The molecule has 0 amide bonds. The Kier molecular flexibility index (Phi) is 6.36. The molecule has 0 spiro atoms. The molecule has 0 aliphatic heterocycles. The molecule has 6 nitrogen and oxygen atoms in total. The monoisotopic (exact) mass is 417 g/mol. The van der Waals surface area contributed by atoms with Crippen molar-refractivity contribution in [2.45, 2.75) is 63.7 Å². The van der Waals surface area contributed by atoms with Crippen LogP contribution >= 0.6 is 0 Å². The predicted molar refractivity (Wildman–Crippen MR) is 86.0 cm³/mol. The summed E-state index contributed by atoms with van der Waals surface area (Å²) < 4.78 is 90.8. The summed E-state index contributed by atoms with van der Waals surface area (Å²) in [5.74, 6) is -2.76. The third-order valence-corrected chi connectivity index (χ3v) is 4.06. The Morgan fingerprint density at radius 3 is 1.82 bits per heavy atom. The molecule has 2 unspecified atom stereocenters. The molecular weight excluding hydrogens is 399 g/mol. The van der Waals surface area contributed by atoms with Gasteiger partial charge < -0.3 is 15.7 Å². The van der Waals surface area contributed by atoms with Gasteiger partial charge in [-0.15, -0.1) is 0 Å². The molecular formula is C15H18F7N5O. The maximum Gasteiger partial charge on any atom is 0.408 e. The third kappa shape index (κ3) is 5.42. The predicted octanol–water partition coefficient (Wildman–Crippen LogP) is 3.82. The minimum atomic E-state index is -4.68. The molecule has 1 aromatic rings. The lowest BCUT2D eigenvalue weighted by atomic mass is 9.96. The van der Waals surface area contributed by atoms with E-state index in [1.165, 1.54) is 0 Å². The average Bonchev–Trinajstić information content (AvgIpc) is 2.55. The first-order valence-corrected chi connectivity index (χ1v) is 8.28. The fraction of sp³-hybridized carbons (Fsp3) is 0.667. The number of hydrogen-bond acceptors (Lipinski definition) is 6. The molecule has 0 fully saturated rings. The SMILES string of the molecule is CC(Nc1nc(N[C@H](C)C(F)(F)F)nc(C2=C(F)C(O)CCC2)n1)C(F)(F)F. The number of hydrogen-bond donors (Lipinski definition) is 3. The Morgan fingerprint density at radius 1 is 0.929 bits per heavy atom. The molecule has 0 radical (unpaired) electrons. The minimum absolute atomic E-state index is 0.0649. The number of alkyl halides is 6. The first-order valence-electron chi connectivity index (χ1n) is 8.28. The number of rotatable bonds is 5. The topological polar surface area (TPSA) is 83.0 Å². The van der Waals surface area contributed by atoms with Gasteiger partial charge in [0.15, 0.2) is 5.82 Å². The van der Waals surface area contributed by atoms with E-state index >= 15 is 0 Å². The van der Waals surface area contributed by atoms with Gasteiger partial charge in [-0.1, -0.05) is 0 Å². The molecule has 1 aliphatic rings. The van der Waals surface area contributed by atoms with Gasteiger partial charge in [-0.3, -0.25) is 0 Å². The zero-order valence-electron chi connectivity index (χ0n) is 14.8. The molecule has 28 heavy (non-hydrogen) atoms. The first-order chi connectivity index (χ1) is 12.8. The molecule has 1 heterocycles. The highest BCUT2D eigenvalue weighted by Crippen LogP contribution is 2.33. The highest BCUT2D eigenvalue weighted by Gasteiger charge is 2.38. The van der Waals surface area contributed by atoms with Gasteiger partial charge in [0.2, 0.25) is 11.9 Å². The van der Waals surface area contributed by atoms with Crippen molar-refractivity contribution >= 4 is 17.5 Å². The van der Waals surface area contributed by atoms with Crippen molar-refractivity contribution in [3.63, 3.8) is 0 Å². The highest BCUT2D eigenvalue weighted by molar-refractivity contribution is 5.65. The second-order valence-electron chi connectivity index (χ2n) is 6.36. The summed E-state index contributed by atoms with van der Waals surface area (Å²) in [5, 5.41) is 13.5. The molecule has 158 valence electrons. The van der Waals surface area contributed by atoms with E-state index in [1.54, 1.807) is 0 Å². The summed E-state index contributed by atoms with van der Waals surface area (Å²) in [6.45, 7) is 1.53. The summed E-state index contributed by atoms with van der Waals surface area (Å²) >= 11 is 0. The van der Waals surface area contributed by atoms with Crippen LogP contribution in [-0.4, -0.2) is 50.6 Å². The Bertz CT molecular complexity index is 694. The Balaban J connectivity index is 2.45. The Hall–Kier alpha value is -2.18. The van der Waals surface area contributed by atoms with Crippen molar-refractivity contribution in [1.29, 1.82) is 0 Å². The smallest absolute Gasteiger partial charge is 0.386 e.